The lowest BCUT2D eigenvalue weighted by molar-refractivity contribution is 0.618. The van der Waals surface area contributed by atoms with Gasteiger partial charge in [-0.05, 0) is 30.7 Å². The summed E-state index contributed by atoms with van der Waals surface area (Å²) in [5.74, 6) is -0.197. The summed E-state index contributed by atoms with van der Waals surface area (Å²) >= 11 is 3.25. The minimum absolute atomic E-state index is 0.197. The number of rotatable bonds is 2. The highest BCUT2D eigenvalue weighted by Crippen LogP contribution is 2.21. The number of hydrogen-bond donors (Lipinski definition) is 0. The highest BCUT2D eigenvalue weighted by Gasteiger charge is 2.04. The second kappa shape index (κ2) is 4.74. The van der Waals surface area contributed by atoms with Crippen molar-refractivity contribution in [3.8, 4) is 11.3 Å². The van der Waals surface area contributed by atoms with E-state index < -0.39 is 0 Å². The summed E-state index contributed by atoms with van der Waals surface area (Å²) in [7, 11) is 0. The van der Waals surface area contributed by atoms with Gasteiger partial charge in [-0.1, -0.05) is 34.1 Å². The molecule has 0 aliphatic heterocycles. The SMILES string of the molecule is Cc1cccc(-c2ccc(CBr)c(F)c2)n1. The van der Waals surface area contributed by atoms with Crippen LogP contribution in [0.5, 0.6) is 0 Å². The monoisotopic (exact) mass is 279 g/mol. The number of pyridine rings is 1. The van der Waals surface area contributed by atoms with Gasteiger partial charge in [0, 0.05) is 16.6 Å². The average molecular weight is 280 g/mol. The van der Waals surface area contributed by atoms with Gasteiger partial charge in [-0.15, -0.1) is 0 Å². The lowest BCUT2D eigenvalue weighted by Crippen LogP contribution is -1.90. The van der Waals surface area contributed by atoms with E-state index in [0.717, 1.165) is 17.0 Å². The predicted octanol–water partition coefficient (Wildman–Crippen LogP) is 4.09. The van der Waals surface area contributed by atoms with E-state index in [0.29, 0.717) is 10.9 Å². The Labute approximate surface area is 102 Å². The number of hydrogen-bond acceptors (Lipinski definition) is 1. The molecule has 0 bridgehead atoms. The van der Waals surface area contributed by atoms with E-state index in [1.54, 1.807) is 6.07 Å². The van der Waals surface area contributed by atoms with Crippen LogP contribution in [0.1, 0.15) is 11.3 Å². The number of aromatic nitrogens is 1. The average Bonchev–Trinajstić information content (AvgIpc) is 2.29. The zero-order chi connectivity index (χ0) is 11.5. The van der Waals surface area contributed by atoms with Crippen molar-refractivity contribution in [2.75, 3.05) is 0 Å². The molecule has 2 aromatic rings. The van der Waals surface area contributed by atoms with E-state index in [-0.39, 0.29) is 5.82 Å². The number of benzene rings is 1. The molecule has 2 rings (SSSR count). The van der Waals surface area contributed by atoms with Crippen LogP contribution in [0.4, 0.5) is 4.39 Å². The fraction of sp³-hybridized carbons (Fsp3) is 0.154. The molecule has 3 heteroatoms. The van der Waals surface area contributed by atoms with Crippen molar-refractivity contribution < 1.29 is 4.39 Å². The minimum atomic E-state index is -0.197. The Kier molecular flexibility index (Phi) is 3.34. The molecular weight excluding hydrogens is 269 g/mol. The van der Waals surface area contributed by atoms with Crippen LogP contribution in [0.15, 0.2) is 36.4 Å². The highest BCUT2D eigenvalue weighted by molar-refractivity contribution is 9.08. The van der Waals surface area contributed by atoms with Crippen molar-refractivity contribution >= 4 is 15.9 Å². The van der Waals surface area contributed by atoms with Gasteiger partial charge in [0.2, 0.25) is 0 Å². The number of aryl methyl sites for hydroxylation is 1. The molecule has 0 atom stereocenters. The van der Waals surface area contributed by atoms with Crippen LogP contribution in [-0.4, -0.2) is 4.98 Å². The molecule has 0 amide bonds. The molecule has 0 saturated carbocycles. The second-order valence-corrected chi connectivity index (χ2v) is 4.16. The number of halogens is 2. The third kappa shape index (κ3) is 2.30. The molecule has 0 aliphatic rings. The van der Waals surface area contributed by atoms with Crippen molar-refractivity contribution in [1.29, 1.82) is 0 Å². The van der Waals surface area contributed by atoms with Crippen LogP contribution < -0.4 is 0 Å². The summed E-state index contributed by atoms with van der Waals surface area (Å²) < 4.78 is 13.6. The first-order valence-corrected chi connectivity index (χ1v) is 6.11. The maximum absolute atomic E-state index is 13.6. The van der Waals surface area contributed by atoms with Crippen LogP contribution in [0.25, 0.3) is 11.3 Å². The van der Waals surface area contributed by atoms with E-state index in [9.17, 15) is 4.39 Å². The molecule has 0 radical (unpaired) electrons. The fourth-order valence-corrected chi connectivity index (χ4v) is 1.97. The van der Waals surface area contributed by atoms with Crippen molar-refractivity contribution in [3.63, 3.8) is 0 Å². The standard InChI is InChI=1S/C13H11BrFN/c1-9-3-2-4-13(16-9)10-5-6-11(8-14)12(15)7-10/h2-7H,8H2,1H3. The summed E-state index contributed by atoms with van der Waals surface area (Å²) in [6, 6.07) is 10.9. The largest absolute Gasteiger partial charge is 0.253 e. The van der Waals surface area contributed by atoms with Gasteiger partial charge < -0.3 is 0 Å². The maximum Gasteiger partial charge on any atom is 0.127 e. The quantitative estimate of drug-likeness (QED) is 0.755. The van der Waals surface area contributed by atoms with Gasteiger partial charge in [0.05, 0.1) is 5.69 Å². The lowest BCUT2D eigenvalue weighted by atomic mass is 10.1. The van der Waals surface area contributed by atoms with Crippen LogP contribution >= 0.6 is 15.9 Å². The Morgan fingerprint density at radius 1 is 1.25 bits per heavy atom. The first-order chi connectivity index (χ1) is 7.70. The van der Waals surface area contributed by atoms with E-state index in [1.807, 2.05) is 31.2 Å². The summed E-state index contributed by atoms with van der Waals surface area (Å²) in [5, 5.41) is 0.528. The molecule has 1 nitrogen and oxygen atoms in total. The van der Waals surface area contributed by atoms with E-state index in [1.165, 1.54) is 6.07 Å². The Bertz CT molecular complexity index is 511. The zero-order valence-electron chi connectivity index (χ0n) is 8.87. The van der Waals surface area contributed by atoms with Gasteiger partial charge in [-0.2, -0.15) is 0 Å². The molecule has 82 valence electrons. The van der Waals surface area contributed by atoms with Gasteiger partial charge >= 0.3 is 0 Å². The van der Waals surface area contributed by atoms with Crippen LogP contribution in [0, 0.1) is 12.7 Å². The van der Waals surface area contributed by atoms with E-state index in [4.69, 9.17) is 0 Å². The molecular formula is C13H11BrFN. The first kappa shape index (κ1) is 11.3. The van der Waals surface area contributed by atoms with Crippen molar-refractivity contribution in [3.05, 3.63) is 53.5 Å². The molecule has 1 heterocycles. The van der Waals surface area contributed by atoms with Gasteiger partial charge in [0.25, 0.3) is 0 Å². The summed E-state index contributed by atoms with van der Waals surface area (Å²) in [4.78, 5) is 4.36. The second-order valence-electron chi connectivity index (χ2n) is 3.60. The molecule has 0 aliphatic carbocycles. The topological polar surface area (TPSA) is 12.9 Å². The molecule has 0 N–H and O–H groups in total. The van der Waals surface area contributed by atoms with Gasteiger partial charge in [-0.25, -0.2) is 4.39 Å². The molecule has 0 spiro atoms. The summed E-state index contributed by atoms with van der Waals surface area (Å²) in [5.41, 5.74) is 3.21. The van der Waals surface area contributed by atoms with Crippen LogP contribution in [-0.2, 0) is 5.33 Å². The van der Waals surface area contributed by atoms with E-state index in [2.05, 4.69) is 20.9 Å². The summed E-state index contributed by atoms with van der Waals surface area (Å²) in [6.45, 7) is 1.92. The van der Waals surface area contributed by atoms with Gasteiger partial charge in [0.15, 0.2) is 0 Å². The summed E-state index contributed by atoms with van der Waals surface area (Å²) in [6.07, 6.45) is 0. The molecule has 0 saturated heterocycles. The minimum Gasteiger partial charge on any atom is -0.253 e. The van der Waals surface area contributed by atoms with E-state index >= 15 is 0 Å². The Morgan fingerprint density at radius 2 is 2.06 bits per heavy atom. The predicted molar refractivity (Wildman–Crippen MR) is 67.0 cm³/mol. The van der Waals surface area contributed by atoms with Crippen molar-refractivity contribution in [2.24, 2.45) is 0 Å². The van der Waals surface area contributed by atoms with Crippen molar-refractivity contribution in [2.45, 2.75) is 12.3 Å². The molecule has 16 heavy (non-hydrogen) atoms. The maximum atomic E-state index is 13.6. The molecule has 1 aromatic heterocycles. The smallest absolute Gasteiger partial charge is 0.127 e. The molecule has 0 unspecified atom stereocenters. The zero-order valence-corrected chi connectivity index (χ0v) is 10.5. The fourth-order valence-electron chi connectivity index (χ4n) is 1.52. The molecule has 0 fully saturated rings. The normalized spacial score (nSPS) is 10.4. The highest BCUT2D eigenvalue weighted by atomic mass is 79.9. The van der Waals surface area contributed by atoms with Crippen LogP contribution in [0.2, 0.25) is 0 Å². The Balaban J connectivity index is 2.45. The third-order valence-electron chi connectivity index (χ3n) is 2.38. The first-order valence-electron chi connectivity index (χ1n) is 4.99. The Hall–Kier alpha value is -1.22. The third-order valence-corrected chi connectivity index (χ3v) is 2.99. The lowest BCUT2D eigenvalue weighted by Gasteiger charge is -2.04. The number of nitrogens with zero attached hydrogens (tertiary/aromatic N) is 1. The molecule has 1 aromatic carbocycles. The van der Waals surface area contributed by atoms with Gasteiger partial charge in [-0.3, -0.25) is 4.98 Å². The van der Waals surface area contributed by atoms with Gasteiger partial charge in [0.1, 0.15) is 5.82 Å². The van der Waals surface area contributed by atoms with Crippen molar-refractivity contribution in [1.82, 2.24) is 4.98 Å². The number of alkyl halides is 1. The Morgan fingerprint density at radius 3 is 2.69 bits per heavy atom. The van der Waals surface area contributed by atoms with Crippen LogP contribution in [0.3, 0.4) is 0 Å².